The topological polar surface area (TPSA) is 0 Å². The molecule has 176 valence electrons. The summed E-state index contributed by atoms with van der Waals surface area (Å²) < 4.78 is 1.46. The van der Waals surface area contributed by atoms with Crippen LogP contribution in [-0.2, 0) is 25.9 Å². The number of rotatable bonds is 5. The van der Waals surface area contributed by atoms with Gasteiger partial charge in [0.2, 0.25) is 0 Å². The summed E-state index contributed by atoms with van der Waals surface area (Å²) >= 11 is 2.34. The van der Waals surface area contributed by atoms with E-state index in [2.05, 4.69) is 134 Å². The van der Waals surface area contributed by atoms with Crippen LogP contribution in [-0.4, -0.2) is 0 Å². The monoisotopic (exact) mass is 544 g/mol. The molecule has 3 aromatic carbocycles. The molecule has 0 heterocycles. The van der Waals surface area contributed by atoms with Crippen LogP contribution in [0.2, 0.25) is 0 Å². The summed E-state index contributed by atoms with van der Waals surface area (Å²) in [7, 11) is 0. The Kier molecular flexibility index (Phi) is 11.4. The molecule has 0 nitrogen and oxygen atoms in total. The van der Waals surface area contributed by atoms with Crippen LogP contribution in [0.1, 0.15) is 53.6 Å². The van der Waals surface area contributed by atoms with Crippen LogP contribution in [0.3, 0.4) is 0 Å². The predicted molar refractivity (Wildman–Crippen MR) is 128 cm³/mol. The molecule has 0 radical (unpaired) electrons. The third-order valence-corrected chi connectivity index (χ3v) is 7.47. The molecule has 3 aromatic rings. The summed E-state index contributed by atoms with van der Waals surface area (Å²) in [6, 6.07) is 27.4. The van der Waals surface area contributed by atoms with E-state index in [1.54, 1.807) is 0 Å². The first kappa shape index (κ1) is 30.8. The van der Waals surface area contributed by atoms with Gasteiger partial charge in [-0.05, 0) is 0 Å². The molecular formula is C30H31Cl3Ti. The van der Waals surface area contributed by atoms with Crippen LogP contribution >= 0.6 is 0 Å². The van der Waals surface area contributed by atoms with Crippen LogP contribution in [0, 0.1) is 26.7 Å². The molecule has 0 saturated heterocycles. The molecule has 34 heavy (non-hydrogen) atoms. The zero-order valence-electron chi connectivity index (χ0n) is 20.4. The Hall–Kier alpha value is -1.28. The fourth-order valence-corrected chi connectivity index (χ4v) is 6.18. The predicted octanol–water partition coefficient (Wildman–Crippen LogP) is -1.25. The van der Waals surface area contributed by atoms with Gasteiger partial charge in [0.25, 0.3) is 0 Å². The van der Waals surface area contributed by atoms with Crippen molar-refractivity contribution in [1.29, 1.82) is 0 Å². The van der Waals surface area contributed by atoms with Gasteiger partial charge in [-0.25, -0.2) is 0 Å². The maximum absolute atomic E-state index is 2.46. The van der Waals surface area contributed by atoms with Gasteiger partial charge in [-0.3, -0.25) is 0 Å². The fourth-order valence-electron chi connectivity index (χ4n) is 5.11. The summed E-state index contributed by atoms with van der Waals surface area (Å²) in [5.74, 6) is 0.530. The molecule has 0 amide bonds. The minimum atomic E-state index is -0.304. The van der Waals surface area contributed by atoms with Crippen molar-refractivity contribution in [3.63, 3.8) is 0 Å². The molecule has 0 bridgehead atoms. The first-order valence-electron chi connectivity index (χ1n) is 11.2. The molecular weight excluding hydrogens is 515 g/mol. The van der Waals surface area contributed by atoms with E-state index < -0.39 is 0 Å². The second-order valence-corrected chi connectivity index (χ2v) is 10.0. The molecule has 0 aliphatic heterocycles. The summed E-state index contributed by atoms with van der Waals surface area (Å²) in [5, 5.41) is 0. The van der Waals surface area contributed by atoms with Crippen molar-refractivity contribution in [3.8, 4) is 0 Å². The number of benzene rings is 3. The van der Waals surface area contributed by atoms with Gasteiger partial charge >= 0.3 is 200 Å². The van der Waals surface area contributed by atoms with Crippen molar-refractivity contribution < 1.29 is 57.7 Å². The Morgan fingerprint density at radius 2 is 1.06 bits per heavy atom. The Labute approximate surface area is 236 Å². The van der Waals surface area contributed by atoms with E-state index in [9.17, 15) is 0 Å². The van der Waals surface area contributed by atoms with Crippen LogP contribution in [0.4, 0.5) is 0 Å². The second kappa shape index (κ2) is 12.6. The molecule has 0 spiro atoms. The van der Waals surface area contributed by atoms with Gasteiger partial charge < -0.3 is 37.2 Å². The van der Waals surface area contributed by atoms with Crippen molar-refractivity contribution in [2.24, 2.45) is 5.92 Å². The van der Waals surface area contributed by atoms with Gasteiger partial charge in [-0.2, -0.15) is 0 Å². The van der Waals surface area contributed by atoms with Crippen LogP contribution in [0.25, 0.3) is 0 Å². The van der Waals surface area contributed by atoms with Gasteiger partial charge in [0.1, 0.15) is 0 Å². The molecule has 0 unspecified atom stereocenters. The van der Waals surface area contributed by atoms with E-state index in [-0.39, 0.29) is 42.6 Å². The maximum Gasteiger partial charge on any atom is -1.00 e. The van der Waals surface area contributed by atoms with Crippen molar-refractivity contribution in [1.82, 2.24) is 0 Å². The van der Waals surface area contributed by atoms with E-state index in [0.29, 0.717) is 5.92 Å². The largest absolute Gasteiger partial charge is 1.00 e. The number of allylic oxidation sites excluding steroid dienone is 4. The Morgan fingerprint density at radius 3 is 1.35 bits per heavy atom. The Morgan fingerprint density at radius 1 is 0.676 bits per heavy atom. The Balaban J connectivity index is 0.00000193. The molecule has 4 rings (SSSR count). The quantitative estimate of drug-likeness (QED) is 0.278. The van der Waals surface area contributed by atoms with Gasteiger partial charge in [-0.1, -0.05) is 0 Å². The first-order valence-corrected chi connectivity index (χ1v) is 12.0. The van der Waals surface area contributed by atoms with E-state index in [0.717, 1.165) is 6.42 Å². The number of hydrogen-bond donors (Lipinski definition) is 0. The SMILES string of the molecule is Cc1cccc(C(C2=[C]([Ti+3])C(C(C)C)=CC2)(c2cccc(C)c2)c2cccc(C)c2)c1.[Cl-].[Cl-].[Cl-]. The fraction of sp³-hybridized carbons (Fsp3) is 0.267. The van der Waals surface area contributed by atoms with Crippen molar-refractivity contribution >= 4 is 0 Å². The van der Waals surface area contributed by atoms with E-state index in [4.69, 9.17) is 0 Å². The molecule has 0 aromatic heterocycles. The summed E-state index contributed by atoms with van der Waals surface area (Å²) in [6.45, 7) is 11.2. The summed E-state index contributed by atoms with van der Waals surface area (Å²) in [5.41, 5.74) is 10.7. The minimum Gasteiger partial charge on any atom is -1.00 e. The Bertz CT molecular complexity index is 1080. The van der Waals surface area contributed by atoms with Gasteiger partial charge in [0.15, 0.2) is 0 Å². The average molecular weight is 546 g/mol. The van der Waals surface area contributed by atoms with Crippen molar-refractivity contribution in [2.45, 2.75) is 46.5 Å². The van der Waals surface area contributed by atoms with Crippen LogP contribution in [0.15, 0.2) is 93.9 Å². The third kappa shape index (κ3) is 5.58. The zero-order valence-corrected chi connectivity index (χ0v) is 24.3. The maximum atomic E-state index is 2.46. The van der Waals surface area contributed by atoms with Gasteiger partial charge in [-0.15, -0.1) is 0 Å². The van der Waals surface area contributed by atoms with Crippen molar-refractivity contribution in [2.75, 3.05) is 0 Å². The molecule has 0 fully saturated rings. The van der Waals surface area contributed by atoms with Crippen LogP contribution in [0.5, 0.6) is 0 Å². The summed E-state index contributed by atoms with van der Waals surface area (Å²) in [6.07, 6.45) is 3.46. The molecule has 1 aliphatic carbocycles. The smallest absolute Gasteiger partial charge is 1.00 e. The number of halogens is 3. The standard InChI is InChI=1S/C30H31.3ClH.Ti/c1-21(2)25-15-16-29(20-25)30(26-12-6-9-22(3)17-26,27-13-7-10-23(4)18-27)28-14-8-11-24(5)19-28;;;;/h6-15,17-19,21H,16H2,1-5H3;3*1H;/q;;;;+3/p-3. The molecule has 0 N–H and O–H groups in total. The number of aryl methyl sites for hydroxylation is 3. The summed E-state index contributed by atoms with van der Waals surface area (Å²) in [4.78, 5) is 0. The van der Waals surface area contributed by atoms with E-state index >= 15 is 0 Å². The van der Waals surface area contributed by atoms with E-state index in [1.807, 2.05) is 0 Å². The van der Waals surface area contributed by atoms with Crippen LogP contribution < -0.4 is 37.2 Å². The van der Waals surface area contributed by atoms with Gasteiger partial charge in [0, 0.05) is 0 Å². The first-order chi connectivity index (χ1) is 14.8. The van der Waals surface area contributed by atoms with Gasteiger partial charge in [0.05, 0.1) is 0 Å². The third-order valence-electron chi connectivity index (χ3n) is 6.54. The van der Waals surface area contributed by atoms with E-state index in [1.165, 1.54) is 48.4 Å². The zero-order chi connectivity index (χ0) is 22.2. The average Bonchev–Trinajstić information content (AvgIpc) is 3.11. The molecule has 0 atom stereocenters. The molecule has 0 saturated carbocycles. The van der Waals surface area contributed by atoms with Crippen molar-refractivity contribution in [3.05, 3.63) is 127 Å². The number of hydrogen-bond acceptors (Lipinski definition) is 0. The normalized spacial score (nSPS) is 13.1. The minimum absolute atomic E-state index is 0. The second-order valence-electron chi connectivity index (χ2n) is 9.23. The molecule has 1 aliphatic rings. The molecule has 4 heteroatoms.